The first-order chi connectivity index (χ1) is 26.3. The maximum atomic E-state index is 13.6. The minimum atomic E-state index is -3.61. The summed E-state index contributed by atoms with van der Waals surface area (Å²) in [5.41, 5.74) is 16.1. The van der Waals surface area contributed by atoms with Gasteiger partial charge in [-0.3, -0.25) is 23.7 Å². The number of nitrogens with two attached hydrogens (primary N) is 2. The van der Waals surface area contributed by atoms with Crippen molar-refractivity contribution >= 4 is 50.1 Å². The van der Waals surface area contributed by atoms with Gasteiger partial charge in [-0.2, -0.15) is 4.98 Å². The molecule has 0 spiro atoms. The molecule has 0 bridgehead atoms. The Labute approximate surface area is 327 Å². The third-order valence-corrected chi connectivity index (χ3v) is 15.0. The van der Waals surface area contributed by atoms with E-state index in [0.717, 1.165) is 47.3 Å². The van der Waals surface area contributed by atoms with Gasteiger partial charge in [-0.05, 0) is 90.2 Å². The zero-order valence-electron chi connectivity index (χ0n) is 32.1. The van der Waals surface area contributed by atoms with E-state index in [1.54, 1.807) is 18.3 Å². The molecule has 3 aliphatic carbocycles. The Kier molecular flexibility index (Phi) is 11.4. The van der Waals surface area contributed by atoms with Crippen LogP contribution in [-0.2, 0) is 24.4 Å². The van der Waals surface area contributed by atoms with Gasteiger partial charge in [0.2, 0.25) is 27.7 Å². The smallest absolute Gasteiger partial charge is 0.297 e. The highest BCUT2D eigenvalue weighted by atomic mass is 32.2. The molecule has 3 aromatic rings. The summed E-state index contributed by atoms with van der Waals surface area (Å²) < 4.78 is 34.7. The van der Waals surface area contributed by atoms with Crippen LogP contribution in [0.1, 0.15) is 122 Å². The summed E-state index contributed by atoms with van der Waals surface area (Å²) in [6.45, 7) is 6.00. The molecule has 1 saturated heterocycles. The summed E-state index contributed by atoms with van der Waals surface area (Å²) in [6.07, 6.45) is 14.3. The number of hydrogen-bond acceptors (Lipinski definition) is 10. The van der Waals surface area contributed by atoms with Crippen LogP contribution in [0.3, 0.4) is 0 Å². The number of carbonyl (C=O) groups excluding carboxylic acids is 3. The molecule has 4 aliphatic rings. The Hall–Kier alpha value is -3.82. The molecular weight excluding hydrogens is 739 g/mol. The number of amides is 3. The predicted molar refractivity (Wildman–Crippen MR) is 213 cm³/mol. The van der Waals surface area contributed by atoms with E-state index in [-0.39, 0.29) is 36.8 Å². The van der Waals surface area contributed by atoms with Gasteiger partial charge in [0.1, 0.15) is 22.7 Å². The number of rotatable bonds is 17. The lowest BCUT2D eigenvalue weighted by atomic mass is 10.1. The number of nitrogens with one attached hydrogen (secondary N) is 1. The first-order valence-electron chi connectivity index (χ1n) is 20.0. The molecule has 3 heterocycles. The molecule has 55 heavy (non-hydrogen) atoms. The van der Waals surface area contributed by atoms with Crippen LogP contribution in [0.15, 0.2) is 35.7 Å². The van der Waals surface area contributed by atoms with E-state index in [1.807, 2.05) is 24.3 Å². The Morgan fingerprint density at radius 2 is 1.87 bits per heavy atom. The molecule has 3 saturated carbocycles. The monoisotopic (exact) mass is 793 g/mol. The molecule has 4 fully saturated rings. The fourth-order valence-corrected chi connectivity index (χ4v) is 10.4. The van der Waals surface area contributed by atoms with Crippen molar-refractivity contribution in [3.05, 3.63) is 41.4 Å². The lowest BCUT2D eigenvalue weighted by Gasteiger charge is -2.25. The number of unbranched alkanes of at least 4 members (excludes halogenated alkanes) is 3. The van der Waals surface area contributed by atoms with Crippen LogP contribution in [0.2, 0.25) is 0 Å². The van der Waals surface area contributed by atoms with E-state index in [2.05, 4.69) is 34.6 Å². The molecule has 13 nitrogen and oxygen atoms in total. The van der Waals surface area contributed by atoms with Crippen molar-refractivity contribution in [1.82, 2.24) is 24.2 Å². The maximum Gasteiger partial charge on any atom is 0.297 e. The summed E-state index contributed by atoms with van der Waals surface area (Å²) in [4.78, 5) is 50.1. The molecule has 0 radical (unpaired) electrons. The van der Waals surface area contributed by atoms with Gasteiger partial charge in [-0.1, -0.05) is 43.9 Å². The summed E-state index contributed by atoms with van der Waals surface area (Å²) in [5, 5.41) is 3.12. The zero-order chi connectivity index (χ0) is 39.1. The molecule has 2 aromatic heterocycles. The van der Waals surface area contributed by atoms with Crippen molar-refractivity contribution < 1.29 is 27.5 Å². The number of ether oxygens (including phenoxy) is 1. The molecule has 298 valence electrons. The van der Waals surface area contributed by atoms with Crippen LogP contribution < -0.4 is 20.9 Å². The Balaban J connectivity index is 0.904. The van der Waals surface area contributed by atoms with E-state index in [4.69, 9.17) is 26.2 Å². The SMILES string of the molecule is CC(C)n1c(OC2CC(C(N)=O)N(C(=O)C(N)CCCCCC=CC3CC3C(=O)NS(=O)(=O)C3(C)CC3)C2)nc2c(-c3nc(C4CCCC4)cs3)cccc21. The fourth-order valence-electron chi connectivity index (χ4n) is 8.13. The highest BCUT2D eigenvalue weighted by Gasteiger charge is 2.52. The van der Waals surface area contributed by atoms with E-state index in [1.165, 1.54) is 36.3 Å². The van der Waals surface area contributed by atoms with E-state index in [9.17, 15) is 22.8 Å². The van der Waals surface area contributed by atoms with Gasteiger partial charge in [-0.25, -0.2) is 13.4 Å². The van der Waals surface area contributed by atoms with E-state index in [0.29, 0.717) is 37.6 Å². The molecule has 3 amide bonds. The first kappa shape index (κ1) is 39.4. The van der Waals surface area contributed by atoms with Crippen molar-refractivity contribution in [2.24, 2.45) is 23.3 Å². The molecule has 5 atom stereocenters. The summed E-state index contributed by atoms with van der Waals surface area (Å²) >= 11 is 1.65. The van der Waals surface area contributed by atoms with Crippen LogP contribution >= 0.6 is 11.3 Å². The maximum absolute atomic E-state index is 13.6. The second-order valence-electron chi connectivity index (χ2n) is 16.6. The number of para-hydroxylation sites is 1. The van der Waals surface area contributed by atoms with Crippen LogP contribution in [-0.4, -0.2) is 75.1 Å². The van der Waals surface area contributed by atoms with Crippen molar-refractivity contribution in [3.63, 3.8) is 0 Å². The van der Waals surface area contributed by atoms with Gasteiger partial charge in [0.25, 0.3) is 6.01 Å². The number of allylic oxidation sites excluding steroid dienone is 2. The molecule has 5 N–H and O–H groups in total. The number of benzene rings is 1. The van der Waals surface area contributed by atoms with Crippen molar-refractivity contribution in [2.75, 3.05) is 6.54 Å². The minimum absolute atomic E-state index is 0.0364. The number of fused-ring (bicyclic) bond motifs is 1. The normalized spacial score (nSPS) is 24.2. The Morgan fingerprint density at radius 3 is 2.58 bits per heavy atom. The standard InChI is InChI=1S/C40H55N7O6S2/c1-24(2)47-32-17-11-15-28(37-43-31(23-54-37)25-12-9-10-13-25)34(32)44-39(47)53-27-21-33(35(42)48)46(22-27)38(50)30(41)16-8-6-4-5-7-14-26-20-29(26)36(49)45-55(51,52)40(3)18-19-40/h7,11,14-15,17,23-27,29-30,33H,4-6,8-10,12-13,16,18-22,41H2,1-3H3,(H2,42,48)(H,45,49). The van der Waals surface area contributed by atoms with Crippen LogP contribution in [0.4, 0.5) is 0 Å². The van der Waals surface area contributed by atoms with Gasteiger partial charge in [0.15, 0.2) is 0 Å². The number of sulfonamides is 1. The van der Waals surface area contributed by atoms with E-state index < -0.39 is 44.8 Å². The van der Waals surface area contributed by atoms with Crippen molar-refractivity contribution in [3.8, 4) is 16.6 Å². The number of hydrogen-bond donors (Lipinski definition) is 3. The van der Waals surface area contributed by atoms with Gasteiger partial charge >= 0.3 is 0 Å². The van der Waals surface area contributed by atoms with Gasteiger partial charge in [0, 0.05) is 35.2 Å². The minimum Gasteiger partial charge on any atom is -0.459 e. The fraction of sp³-hybridized carbons (Fsp3) is 0.625. The number of aromatic nitrogens is 3. The van der Waals surface area contributed by atoms with Crippen LogP contribution in [0.5, 0.6) is 6.01 Å². The average molecular weight is 794 g/mol. The largest absolute Gasteiger partial charge is 0.459 e. The second kappa shape index (κ2) is 16.0. The van der Waals surface area contributed by atoms with E-state index >= 15 is 0 Å². The third kappa shape index (κ3) is 8.48. The number of likely N-dealkylation sites (tertiary alicyclic amines) is 1. The molecule has 1 aromatic carbocycles. The van der Waals surface area contributed by atoms with Crippen LogP contribution in [0, 0.1) is 11.8 Å². The topological polar surface area (TPSA) is 193 Å². The third-order valence-electron chi connectivity index (χ3n) is 12.0. The number of carbonyl (C=O) groups is 3. The highest BCUT2D eigenvalue weighted by molar-refractivity contribution is 7.91. The predicted octanol–water partition coefficient (Wildman–Crippen LogP) is 5.70. The van der Waals surface area contributed by atoms with Gasteiger partial charge in [-0.15, -0.1) is 11.3 Å². The quantitative estimate of drug-likeness (QED) is 0.114. The molecular formula is C40H55N7O6S2. The highest BCUT2D eigenvalue weighted by Crippen LogP contribution is 2.44. The average Bonchev–Trinajstić information content (AvgIpc) is 3.71. The van der Waals surface area contributed by atoms with Crippen LogP contribution in [0.25, 0.3) is 21.6 Å². The zero-order valence-corrected chi connectivity index (χ0v) is 33.7. The Bertz CT molecular complexity index is 2050. The number of thiazole rings is 1. The Morgan fingerprint density at radius 1 is 1.11 bits per heavy atom. The number of imidazole rings is 1. The first-order valence-corrected chi connectivity index (χ1v) is 22.3. The van der Waals surface area contributed by atoms with Gasteiger partial charge in [0.05, 0.1) is 28.5 Å². The molecule has 15 heteroatoms. The summed E-state index contributed by atoms with van der Waals surface area (Å²) in [5.74, 6) is -0.994. The molecule has 5 unspecified atom stereocenters. The lowest BCUT2D eigenvalue weighted by molar-refractivity contribution is -0.138. The second-order valence-corrected chi connectivity index (χ2v) is 19.6. The molecule has 7 rings (SSSR count). The van der Waals surface area contributed by atoms with Crippen molar-refractivity contribution in [2.45, 2.75) is 139 Å². The number of primary amides is 1. The summed E-state index contributed by atoms with van der Waals surface area (Å²) in [7, 11) is -3.61. The number of nitrogens with zero attached hydrogens (tertiary/aromatic N) is 4. The molecule has 1 aliphatic heterocycles. The summed E-state index contributed by atoms with van der Waals surface area (Å²) in [6, 6.07) is 4.98. The van der Waals surface area contributed by atoms with Gasteiger partial charge < -0.3 is 21.1 Å². The van der Waals surface area contributed by atoms with Crippen molar-refractivity contribution in [1.29, 1.82) is 0 Å². The lowest BCUT2D eigenvalue weighted by Crippen LogP contribution is -2.50.